The molecule has 0 atom stereocenters. The summed E-state index contributed by atoms with van der Waals surface area (Å²) in [5.74, 6) is 0.00883. The minimum Gasteiger partial charge on any atom is -0.369 e. The minimum absolute atomic E-state index is 0.0435. The molecule has 1 aromatic carbocycles. The number of nitrogens with zero attached hydrogens (tertiary/aromatic N) is 3. The van der Waals surface area contributed by atoms with E-state index in [2.05, 4.69) is 10.3 Å². The minimum atomic E-state index is -0.397. The molecule has 0 saturated carbocycles. The second-order valence-corrected chi connectivity index (χ2v) is 6.19. The van der Waals surface area contributed by atoms with Gasteiger partial charge in [0.2, 0.25) is 5.91 Å². The lowest BCUT2D eigenvalue weighted by molar-refractivity contribution is -0.120. The fourth-order valence-corrected chi connectivity index (χ4v) is 3.06. The molecule has 2 heterocycles. The molecule has 1 amide bonds. The zero-order chi connectivity index (χ0) is 17.8. The Morgan fingerprint density at radius 3 is 2.72 bits per heavy atom. The van der Waals surface area contributed by atoms with Gasteiger partial charge < -0.3 is 10.2 Å². The van der Waals surface area contributed by atoms with Gasteiger partial charge in [0.15, 0.2) is 0 Å². The van der Waals surface area contributed by atoms with E-state index in [0.717, 1.165) is 5.69 Å². The molecule has 128 valence electrons. The average molecular weight is 338 g/mol. The number of hydrogen-bond donors (Lipinski definition) is 1. The number of rotatable bonds is 3. The number of nitriles is 1. The summed E-state index contributed by atoms with van der Waals surface area (Å²) in [5.41, 5.74) is 1.64. The van der Waals surface area contributed by atoms with Gasteiger partial charge in [-0.3, -0.25) is 4.79 Å². The fraction of sp³-hybridized carbons (Fsp3) is 0.316. The van der Waals surface area contributed by atoms with Crippen LogP contribution in [0.3, 0.4) is 0 Å². The van der Waals surface area contributed by atoms with E-state index in [1.54, 1.807) is 18.2 Å². The Hall–Kier alpha value is -2.94. The SMILES string of the molecule is Cc1cccc(NC(=O)C2CCN(c3ccc(C#N)cc3F)CC2)n1. The molecule has 1 aromatic heterocycles. The van der Waals surface area contributed by atoms with Crippen LogP contribution in [0, 0.1) is 30.0 Å². The van der Waals surface area contributed by atoms with Crippen LogP contribution in [0.1, 0.15) is 24.1 Å². The van der Waals surface area contributed by atoms with Gasteiger partial charge in [-0.05, 0) is 50.1 Å². The van der Waals surface area contributed by atoms with E-state index in [1.165, 1.54) is 6.07 Å². The number of nitrogens with one attached hydrogen (secondary N) is 1. The summed E-state index contributed by atoms with van der Waals surface area (Å²) in [4.78, 5) is 18.6. The zero-order valence-corrected chi connectivity index (χ0v) is 14.0. The highest BCUT2D eigenvalue weighted by molar-refractivity contribution is 5.91. The van der Waals surface area contributed by atoms with Gasteiger partial charge in [0.05, 0.1) is 17.3 Å². The molecule has 1 aliphatic heterocycles. The molecular formula is C19H19FN4O. The Morgan fingerprint density at radius 2 is 2.08 bits per heavy atom. The molecule has 2 aromatic rings. The molecule has 5 nitrogen and oxygen atoms in total. The lowest BCUT2D eigenvalue weighted by Crippen LogP contribution is -2.38. The van der Waals surface area contributed by atoms with E-state index in [4.69, 9.17) is 5.26 Å². The van der Waals surface area contributed by atoms with Crippen molar-refractivity contribution >= 4 is 17.4 Å². The number of piperidine rings is 1. The molecule has 0 radical (unpaired) electrons. The van der Waals surface area contributed by atoms with E-state index >= 15 is 0 Å². The maximum absolute atomic E-state index is 14.1. The summed E-state index contributed by atoms with van der Waals surface area (Å²) < 4.78 is 14.1. The molecule has 1 N–H and O–H groups in total. The number of halogens is 1. The first-order valence-electron chi connectivity index (χ1n) is 8.26. The number of aromatic nitrogens is 1. The maximum atomic E-state index is 14.1. The van der Waals surface area contributed by atoms with Gasteiger partial charge in [0.1, 0.15) is 11.6 Å². The highest BCUT2D eigenvalue weighted by atomic mass is 19.1. The number of anilines is 2. The van der Waals surface area contributed by atoms with Gasteiger partial charge in [-0.2, -0.15) is 5.26 Å². The summed E-state index contributed by atoms with van der Waals surface area (Å²) in [5, 5.41) is 11.7. The third kappa shape index (κ3) is 3.94. The summed E-state index contributed by atoms with van der Waals surface area (Å²) in [6.07, 6.45) is 1.30. The van der Waals surface area contributed by atoms with Crippen LogP contribution in [0.25, 0.3) is 0 Å². The Labute approximate surface area is 146 Å². The van der Waals surface area contributed by atoms with Crippen LogP contribution in [-0.2, 0) is 4.79 Å². The zero-order valence-electron chi connectivity index (χ0n) is 14.0. The second-order valence-electron chi connectivity index (χ2n) is 6.19. The standard InChI is InChI=1S/C19H19FN4O/c1-13-3-2-4-18(22-13)23-19(25)15-7-9-24(10-8-15)17-6-5-14(12-21)11-16(17)20/h2-6,11,15H,7-10H2,1H3,(H,22,23,25). The number of aryl methyl sites for hydroxylation is 1. The van der Waals surface area contributed by atoms with Crippen LogP contribution in [0.2, 0.25) is 0 Å². The van der Waals surface area contributed by atoms with Crippen LogP contribution >= 0.6 is 0 Å². The predicted octanol–water partition coefficient (Wildman–Crippen LogP) is 3.26. The van der Waals surface area contributed by atoms with Gasteiger partial charge in [-0.15, -0.1) is 0 Å². The molecule has 3 rings (SSSR count). The van der Waals surface area contributed by atoms with Crippen molar-refractivity contribution in [2.24, 2.45) is 5.92 Å². The van der Waals surface area contributed by atoms with Gasteiger partial charge in [0, 0.05) is 24.7 Å². The monoisotopic (exact) mass is 338 g/mol. The van der Waals surface area contributed by atoms with E-state index < -0.39 is 5.82 Å². The van der Waals surface area contributed by atoms with Gasteiger partial charge in [-0.1, -0.05) is 6.07 Å². The summed E-state index contributed by atoms with van der Waals surface area (Å²) in [6, 6.07) is 11.9. The summed E-state index contributed by atoms with van der Waals surface area (Å²) in [6.45, 7) is 3.07. The number of carbonyl (C=O) groups excluding carboxylic acids is 1. The molecule has 6 heteroatoms. The van der Waals surface area contributed by atoms with Crippen molar-refractivity contribution in [2.75, 3.05) is 23.3 Å². The van der Waals surface area contributed by atoms with Crippen LogP contribution in [0.5, 0.6) is 0 Å². The molecule has 0 spiro atoms. The number of amides is 1. The van der Waals surface area contributed by atoms with E-state index in [1.807, 2.05) is 30.0 Å². The van der Waals surface area contributed by atoms with Gasteiger partial charge in [0.25, 0.3) is 0 Å². The molecule has 1 fully saturated rings. The number of carbonyl (C=O) groups is 1. The lowest BCUT2D eigenvalue weighted by Gasteiger charge is -2.33. The first kappa shape index (κ1) is 16.9. The Balaban J connectivity index is 1.60. The molecule has 0 bridgehead atoms. The number of benzene rings is 1. The Bertz CT molecular complexity index is 822. The quantitative estimate of drug-likeness (QED) is 0.933. The van der Waals surface area contributed by atoms with Crippen LogP contribution in [0.4, 0.5) is 15.9 Å². The molecule has 0 unspecified atom stereocenters. The van der Waals surface area contributed by atoms with Gasteiger partial charge in [-0.25, -0.2) is 9.37 Å². The van der Waals surface area contributed by atoms with Crippen molar-refractivity contribution in [1.29, 1.82) is 5.26 Å². The largest absolute Gasteiger partial charge is 0.369 e. The third-order valence-corrected chi connectivity index (χ3v) is 4.42. The number of pyridine rings is 1. The Morgan fingerprint density at radius 1 is 1.32 bits per heavy atom. The van der Waals surface area contributed by atoms with Crippen molar-refractivity contribution < 1.29 is 9.18 Å². The molecule has 1 aliphatic rings. The Kier molecular flexibility index (Phi) is 4.94. The first-order chi connectivity index (χ1) is 12.1. The second kappa shape index (κ2) is 7.31. The summed E-state index contributed by atoms with van der Waals surface area (Å²) in [7, 11) is 0. The first-order valence-corrected chi connectivity index (χ1v) is 8.26. The maximum Gasteiger partial charge on any atom is 0.228 e. The summed E-state index contributed by atoms with van der Waals surface area (Å²) >= 11 is 0. The fourth-order valence-electron chi connectivity index (χ4n) is 3.06. The van der Waals surface area contributed by atoms with E-state index in [9.17, 15) is 9.18 Å². The lowest BCUT2D eigenvalue weighted by atomic mass is 9.95. The van der Waals surface area contributed by atoms with Crippen molar-refractivity contribution in [1.82, 2.24) is 4.98 Å². The molecule has 0 aliphatic carbocycles. The smallest absolute Gasteiger partial charge is 0.228 e. The molecule has 25 heavy (non-hydrogen) atoms. The predicted molar refractivity (Wildman–Crippen MR) is 93.7 cm³/mol. The van der Waals surface area contributed by atoms with Crippen molar-refractivity contribution in [2.45, 2.75) is 19.8 Å². The van der Waals surface area contributed by atoms with Crippen molar-refractivity contribution in [3.8, 4) is 6.07 Å². The topological polar surface area (TPSA) is 69.0 Å². The molecule has 1 saturated heterocycles. The normalized spacial score (nSPS) is 14.8. The highest BCUT2D eigenvalue weighted by Gasteiger charge is 2.26. The van der Waals surface area contributed by atoms with Crippen LogP contribution < -0.4 is 10.2 Å². The van der Waals surface area contributed by atoms with Crippen molar-refractivity contribution in [3.05, 3.63) is 53.5 Å². The van der Waals surface area contributed by atoms with Crippen molar-refractivity contribution in [3.63, 3.8) is 0 Å². The average Bonchev–Trinajstić information content (AvgIpc) is 2.62. The van der Waals surface area contributed by atoms with Gasteiger partial charge >= 0.3 is 0 Å². The molecular weight excluding hydrogens is 319 g/mol. The third-order valence-electron chi connectivity index (χ3n) is 4.42. The van der Waals surface area contributed by atoms with Crippen LogP contribution in [0.15, 0.2) is 36.4 Å². The number of hydrogen-bond acceptors (Lipinski definition) is 4. The van der Waals surface area contributed by atoms with Crippen LogP contribution in [-0.4, -0.2) is 24.0 Å². The highest BCUT2D eigenvalue weighted by Crippen LogP contribution is 2.27. The van der Waals surface area contributed by atoms with E-state index in [0.29, 0.717) is 43.0 Å². The van der Waals surface area contributed by atoms with E-state index in [-0.39, 0.29) is 11.8 Å².